The van der Waals surface area contributed by atoms with Crippen molar-refractivity contribution in [2.45, 2.75) is 19.9 Å². The maximum atomic E-state index is 11.9. The van der Waals surface area contributed by atoms with Gasteiger partial charge in [-0.2, -0.15) is 5.10 Å². The predicted octanol–water partition coefficient (Wildman–Crippen LogP) is 2.08. The number of carbonyl (C=O) groups excluding carboxylic acids is 1. The average molecular weight is 353 g/mol. The average Bonchev–Trinajstić information content (AvgIpc) is 3.06. The fourth-order valence-corrected chi connectivity index (χ4v) is 2.44. The van der Waals surface area contributed by atoms with Crippen molar-refractivity contribution in [3.8, 4) is 11.5 Å². The highest BCUT2D eigenvalue weighted by molar-refractivity contribution is 5.86. The van der Waals surface area contributed by atoms with Crippen LogP contribution in [0.5, 0.6) is 11.5 Å². The lowest BCUT2D eigenvalue weighted by atomic mass is 10.2. The summed E-state index contributed by atoms with van der Waals surface area (Å²) in [5.74, 6) is 0.101. The molecule has 0 aliphatic carbocycles. The summed E-state index contributed by atoms with van der Waals surface area (Å²) in [6, 6.07) is 12.6. The molecule has 0 fully saturated rings. The van der Waals surface area contributed by atoms with Crippen molar-refractivity contribution in [2.24, 2.45) is 5.10 Å². The van der Waals surface area contributed by atoms with Gasteiger partial charge in [-0.05, 0) is 31.2 Å². The Hall–Kier alpha value is -3.42. The van der Waals surface area contributed by atoms with Crippen LogP contribution in [0.3, 0.4) is 0 Å². The first-order valence-corrected chi connectivity index (χ1v) is 8.24. The first kappa shape index (κ1) is 17.4. The second kappa shape index (κ2) is 8.11. The molecule has 0 aliphatic rings. The molecule has 0 saturated carbocycles. The number of hydrazone groups is 1. The number of fused-ring (bicyclic) bond motifs is 1. The minimum Gasteiger partial charge on any atom is -0.504 e. The normalized spacial score (nSPS) is 11.1. The molecule has 0 spiro atoms. The zero-order valence-electron chi connectivity index (χ0n) is 14.3. The Labute approximate surface area is 150 Å². The Balaban J connectivity index is 1.56. The standard InChI is InChI=1S/C18H19N5O3/c1-2-26-16-9-5-6-13(18(16)25)12-19-21-17(24)10-11-23-15-8-4-3-7-14(15)20-22-23/h3-9,12,25H,2,10-11H2,1H3,(H,21,24). The van der Waals surface area contributed by atoms with Crippen molar-refractivity contribution in [3.05, 3.63) is 48.0 Å². The molecular formula is C18H19N5O3. The Morgan fingerprint density at radius 2 is 2.15 bits per heavy atom. The van der Waals surface area contributed by atoms with Gasteiger partial charge in [0.1, 0.15) is 5.52 Å². The summed E-state index contributed by atoms with van der Waals surface area (Å²) in [7, 11) is 0. The summed E-state index contributed by atoms with van der Waals surface area (Å²) in [4.78, 5) is 11.9. The van der Waals surface area contributed by atoms with Gasteiger partial charge in [0.25, 0.3) is 0 Å². The summed E-state index contributed by atoms with van der Waals surface area (Å²) < 4.78 is 6.98. The van der Waals surface area contributed by atoms with Crippen LogP contribution < -0.4 is 10.2 Å². The first-order valence-electron chi connectivity index (χ1n) is 8.24. The van der Waals surface area contributed by atoms with E-state index < -0.39 is 0 Å². The van der Waals surface area contributed by atoms with Gasteiger partial charge in [0.05, 0.1) is 24.9 Å². The van der Waals surface area contributed by atoms with Gasteiger partial charge in [-0.1, -0.05) is 23.4 Å². The molecule has 8 heteroatoms. The Bertz CT molecular complexity index is 935. The van der Waals surface area contributed by atoms with E-state index in [1.54, 1.807) is 22.9 Å². The molecule has 1 aromatic heterocycles. The van der Waals surface area contributed by atoms with Crippen LogP contribution in [-0.2, 0) is 11.3 Å². The van der Waals surface area contributed by atoms with Gasteiger partial charge < -0.3 is 9.84 Å². The largest absolute Gasteiger partial charge is 0.504 e. The molecule has 0 radical (unpaired) electrons. The number of carbonyl (C=O) groups is 1. The van der Waals surface area contributed by atoms with Gasteiger partial charge in [-0.25, -0.2) is 10.1 Å². The van der Waals surface area contributed by atoms with Gasteiger partial charge in [-0.3, -0.25) is 4.79 Å². The SMILES string of the molecule is CCOc1cccc(C=NNC(=O)CCn2nnc3ccccc32)c1O. The molecule has 2 aromatic carbocycles. The van der Waals surface area contributed by atoms with E-state index in [1.807, 2.05) is 31.2 Å². The van der Waals surface area contributed by atoms with E-state index in [2.05, 4.69) is 20.8 Å². The monoisotopic (exact) mass is 353 g/mol. The van der Waals surface area contributed by atoms with Crippen LogP contribution in [0, 0.1) is 0 Å². The number of aromatic hydroxyl groups is 1. The van der Waals surface area contributed by atoms with Crippen molar-refractivity contribution in [2.75, 3.05) is 6.61 Å². The van der Waals surface area contributed by atoms with Crippen molar-refractivity contribution in [1.29, 1.82) is 0 Å². The van der Waals surface area contributed by atoms with Crippen LogP contribution in [0.4, 0.5) is 0 Å². The van der Waals surface area contributed by atoms with Gasteiger partial charge in [0, 0.05) is 12.0 Å². The number of phenols is 1. The lowest BCUT2D eigenvalue weighted by Gasteiger charge is -2.07. The van der Waals surface area contributed by atoms with Crippen LogP contribution >= 0.6 is 0 Å². The highest BCUT2D eigenvalue weighted by atomic mass is 16.5. The molecule has 3 aromatic rings. The number of benzene rings is 2. The van der Waals surface area contributed by atoms with E-state index in [9.17, 15) is 9.90 Å². The number of phenolic OH excluding ortho intramolecular Hbond substituents is 1. The van der Waals surface area contributed by atoms with Crippen LogP contribution in [0.1, 0.15) is 18.9 Å². The molecule has 8 nitrogen and oxygen atoms in total. The smallest absolute Gasteiger partial charge is 0.241 e. The molecule has 1 amide bonds. The summed E-state index contributed by atoms with van der Waals surface area (Å²) in [6.45, 7) is 2.67. The summed E-state index contributed by atoms with van der Waals surface area (Å²) >= 11 is 0. The number of nitrogens with one attached hydrogen (secondary N) is 1. The number of aromatic nitrogens is 3. The lowest BCUT2D eigenvalue weighted by molar-refractivity contribution is -0.121. The quantitative estimate of drug-likeness (QED) is 0.500. The third-order valence-corrected chi connectivity index (χ3v) is 3.69. The van der Waals surface area contributed by atoms with E-state index in [4.69, 9.17) is 4.74 Å². The Morgan fingerprint density at radius 1 is 1.31 bits per heavy atom. The Kier molecular flexibility index (Phi) is 5.43. The van der Waals surface area contributed by atoms with Crippen LogP contribution in [0.2, 0.25) is 0 Å². The van der Waals surface area contributed by atoms with Gasteiger partial charge in [-0.15, -0.1) is 5.10 Å². The van der Waals surface area contributed by atoms with E-state index in [1.165, 1.54) is 6.21 Å². The second-order valence-electron chi connectivity index (χ2n) is 5.47. The fourth-order valence-electron chi connectivity index (χ4n) is 2.44. The molecule has 2 N–H and O–H groups in total. The van der Waals surface area contributed by atoms with Gasteiger partial charge in [0.15, 0.2) is 11.5 Å². The van der Waals surface area contributed by atoms with E-state index >= 15 is 0 Å². The van der Waals surface area contributed by atoms with E-state index in [0.717, 1.165) is 11.0 Å². The van der Waals surface area contributed by atoms with Gasteiger partial charge >= 0.3 is 0 Å². The van der Waals surface area contributed by atoms with Crippen LogP contribution in [0.25, 0.3) is 11.0 Å². The highest BCUT2D eigenvalue weighted by Gasteiger charge is 2.07. The van der Waals surface area contributed by atoms with Crippen molar-refractivity contribution in [3.63, 3.8) is 0 Å². The molecule has 26 heavy (non-hydrogen) atoms. The summed E-state index contributed by atoms with van der Waals surface area (Å²) in [5.41, 5.74) is 4.56. The number of aryl methyl sites for hydroxylation is 1. The summed E-state index contributed by atoms with van der Waals surface area (Å²) in [6.07, 6.45) is 1.58. The third kappa shape index (κ3) is 3.97. The third-order valence-electron chi connectivity index (χ3n) is 3.69. The molecular weight excluding hydrogens is 334 g/mol. The van der Waals surface area contributed by atoms with Crippen molar-refractivity contribution in [1.82, 2.24) is 20.4 Å². The summed E-state index contributed by atoms with van der Waals surface area (Å²) in [5, 5.41) is 22.0. The van der Waals surface area contributed by atoms with Crippen molar-refractivity contribution < 1.29 is 14.6 Å². The molecule has 0 bridgehead atoms. The highest BCUT2D eigenvalue weighted by Crippen LogP contribution is 2.28. The fraction of sp³-hybridized carbons (Fsp3) is 0.222. The molecule has 0 atom stereocenters. The van der Waals surface area contributed by atoms with Crippen LogP contribution in [0.15, 0.2) is 47.6 Å². The van der Waals surface area contributed by atoms with E-state index in [0.29, 0.717) is 24.5 Å². The number of hydrogen-bond donors (Lipinski definition) is 2. The number of ether oxygens (including phenoxy) is 1. The molecule has 1 heterocycles. The molecule has 3 rings (SSSR count). The number of amides is 1. The number of nitrogens with zero attached hydrogens (tertiary/aromatic N) is 4. The maximum absolute atomic E-state index is 11.9. The molecule has 0 unspecified atom stereocenters. The predicted molar refractivity (Wildman–Crippen MR) is 97.2 cm³/mol. The number of para-hydroxylation sites is 2. The molecule has 0 saturated heterocycles. The minimum absolute atomic E-state index is 0.0126. The second-order valence-corrected chi connectivity index (χ2v) is 5.47. The lowest BCUT2D eigenvalue weighted by Crippen LogP contribution is -2.19. The zero-order valence-corrected chi connectivity index (χ0v) is 14.3. The zero-order chi connectivity index (χ0) is 18.4. The van der Waals surface area contributed by atoms with Gasteiger partial charge in [0.2, 0.25) is 5.91 Å². The van der Waals surface area contributed by atoms with Crippen molar-refractivity contribution >= 4 is 23.2 Å². The Morgan fingerprint density at radius 3 is 3.00 bits per heavy atom. The minimum atomic E-state index is -0.263. The number of rotatable bonds is 7. The van der Waals surface area contributed by atoms with E-state index in [-0.39, 0.29) is 18.1 Å². The molecule has 0 aliphatic heterocycles. The maximum Gasteiger partial charge on any atom is 0.241 e. The first-order chi connectivity index (χ1) is 12.7. The van der Waals surface area contributed by atoms with Crippen LogP contribution in [-0.4, -0.2) is 38.8 Å². The topological polar surface area (TPSA) is 102 Å². The number of hydrogen-bond acceptors (Lipinski definition) is 6. The molecule has 134 valence electrons.